The number of carbonyl (C=O) groups is 1. The van der Waals surface area contributed by atoms with Gasteiger partial charge in [-0.15, -0.1) is 0 Å². The molecule has 1 heterocycles. The molecular formula is C13H21NO3. The van der Waals surface area contributed by atoms with Crippen LogP contribution >= 0.6 is 0 Å². The summed E-state index contributed by atoms with van der Waals surface area (Å²) >= 11 is 0. The van der Waals surface area contributed by atoms with Crippen molar-refractivity contribution in [1.82, 2.24) is 5.32 Å². The van der Waals surface area contributed by atoms with Crippen molar-refractivity contribution < 1.29 is 13.9 Å². The van der Waals surface area contributed by atoms with Gasteiger partial charge in [0.05, 0.1) is 19.2 Å². The van der Waals surface area contributed by atoms with E-state index in [1.54, 1.807) is 6.07 Å². The van der Waals surface area contributed by atoms with E-state index in [0.717, 1.165) is 12.2 Å². The van der Waals surface area contributed by atoms with Gasteiger partial charge in [0.1, 0.15) is 12.0 Å². The summed E-state index contributed by atoms with van der Waals surface area (Å²) in [6.45, 7) is 7.15. The summed E-state index contributed by atoms with van der Waals surface area (Å²) in [4.78, 5) is 11.2. The molecule has 0 aliphatic rings. The first kappa shape index (κ1) is 13.8. The van der Waals surface area contributed by atoms with Crippen LogP contribution in [0.4, 0.5) is 0 Å². The third-order valence-corrected chi connectivity index (χ3v) is 2.86. The van der Waals surface area contributed by atoms with E-state index < -0.39 is 0 Å². The topological polar surface area (TPSA) is 51.5 Å². The molecule has 96 valence electrons. The number of esters is 1. The molecule has 1 rings (SSSR count). The van der Waals surface area contributed by atoms with E-state index >= 15 is 0 Å². The van der Waals surface area contributed by atoms with E-state index in [2.05, 4.69) is 30.8 Å². The molecule has 0 radical (unpaired) electrons. The molecular weight excluding hydrogens is 218 g/mol. The summed E-state index contributed by atoms with van der Waals surface area (Å²) in [6.07, 6.45) is 2.50. The lowest BCUT2D eigenvalue weighted by molar-refractivity contribution is 0.0600. The van der Waals surface area contributed by atoms with Gasteiger partial charge < -0.3 is 14.5 Å². The molecule has 1 atom stereocenters. The lowest BCUT2D eigenvalue weighted by Gasteiger charge is -2.19. The number of rotatable bonds is 6. The highest BCUT2D eigenvalue weighted by Crippen LogP contribution is 2.11. The highest BCUT2D eigenvalue weighted by atomic mass is 16.5. The molecule has 4 heteroatoms. The van der Waals surface area contributed by atoms with Crippen LogP contribution in [0.3, 0.4) is 0 Å². The fourth-order valence-corrected chi connectivity index (χ4v) is 1.78. The van der Waals surface area contributed by atoms with E-state index in [1.165, 1.54) is 13.4 Å². The van der Waals surface area contributed by atoms with Gasteiger partial charge in [-0.2, -0.15) is 0 Å². The number of hydrogen-bond donors (Lipinski definition) is 1. The Labute approximate surface area is 102 Å². The van der Waals surface area contributed by atoms with Gasteiger partial charge in [0.25, 0.3) is 0 Å². The molecule has 0 saturated heterocycles. The van der Waals surface area contributed by atoms with Crippen LogP contribution in [0.5, 0.6) is 0 Å². The Morgan fingerprint density at radius 1 is 1.53 bits per heavy atom. The SMILES string of the molecule is CCC(NCc1cc(C(=O)OC)co1)C(C)C. The first-order valence-corrected chi connectivity index (χ1v) is 5.97. The molecule has 1 unspecified atom stereocenters. The van der Waals surface area contributed by atoms with Crippen LogP contribution in [0.25, 0.3) is 0 Å². The van der Waals surface area contributed by atoms with Crippen LogP contribution in [0.1, 0.15) is 43.3 Å². The summed E-state index contributed by atoms with van der Waals surface area (Å²) in [5.74, 6) is 0.968. The molecule has 0 fully saturated rings. The van der Waals surface area contributed by atoms with Crippen LogP contribution in [0.15, 0.2) is 16.7 Å². The van der Waals surface area contributed by atoms with Gasteiger partial charge >= 0.3 is 5.97 Å². The maximum Gasteiger partial charge on any atom is 0.341 e. The Balaban J connectivity index is 2.52. The number of hydrogen-bond acceptors (Lipinski definition) is 4. The number of ether oxygens (including phenoxy) is 1. The van der Waals surface area contributed by atoms with Crippen LogP contribution in [-0.2, 0) is 11.3 Å². The Morgan fingerprint density at radius 2 is 2.24 bits per heavy atom. The molecule has 0 aromatic carbocycles. The van der Waals surface area contributed by atoms with Crippen molar-refractivity contribution in [3.8, 4) is 0 Å². The Morgan fingerprint density at radius 3 is 2.76 bits per heavy atom. The van der Waals surface area contributed by atoms with E-state index in [1.807, 2.05) is 0 Å². The highest BCUT2D eigenvalue weighted by molar-refractivity contribution is 5.88. The molecule has 0 amide bonds. The van der Waals surface area contributed by atoms with Crippen molar-refractivity contribution in [1.29, 1.82) is 0 Å². The summed E-state index contributed by atoms with van der Waals surface area (Å²) in [5.41, 5.74) is 0.460. The normalized spacial score (nSPS) is 12.8. The van der Waals surface area contributed by atoms with Crippen molar-refractivity contribution in [3.63, 3.8) is 0 Å². The molecule has 0 bridgehead atoms. The predicted octanol–water partition coefficient (Wildman–Crippen LogP) is 2.59. The van der Waals surface area contributed by atoms with E-state index in [-0.39, 0.29) is 5.97 Å². The van der Waals surface area contributed by atoms with Crippen LogP contribution < -0.4 is 5.32 Å². The van der Waals surface area contributed by atoms with Crippen molar-refractivity contribution in [2.75, 3.05) is 7.11 Å². The molecule has 1 N–H and O–H groups in total. The average Bonchev–Trinajstić information content (AvgIpc) is 2.77. The lowest BCUT2D eigenvalue weighted by atomic mass is 10.0. The number of carbonyl (C=O) groups excluding carboxylic acids is 1. The first-order valence-electron chi connectivity index (χ1n) is 5.97. The summed E-state index contributed by atoms with van der Waals surface area (Å²) in [6, 6.07) is 2.17. The molecule has 4 nitrogen and oxygen atoms in total. The van der Waals surface area contributed by atoms with Crippen LogP contribution in [0.2, 0.25) is 0 Å². The van der Waals surface area contributed by atoms with Gasteiger partial charge in [0.2, 0.25) is 0 Å². The Hall–Kier alpha value is -1.29. The monoisotopic (exact) mass is 239 g/mol. The number of methoxy groups -OCH3 is 1. The summed E-state index contributed by atoms with van der Waals surface area (Å²) in [7, 11) is 1.36. The zero-order valence-corrected chi connectivity index (χ0v) is 10.9. The first-order chi connectivity index (χ1) is 8.08. The van der Waals surface area contributed by atoms with Gasteiger partial charge in [-0.3, -0.25) is 0 Å². The third-order valence-electron chi connectivity index (χ3n) is 2.86. The number of nitrogens with one attached hydrogen (secondary N) is 1. The lowest BCUT2D eigenvalue weighted by Crippen LogP contribution is -2.32. The van der Waals surface area contributed by atoms with Gasteiger partial charge in [-0.25, -0.2) is 4.79 Å². The highest BCUT2D eigenvalue weighted by Gasteiger charge is 2.13. The zero-order chi connectivity index (χ0) is 12.8. The molecule has 0 aliphatic heterocycles. The quantitative estimate of drug-likeness (QED) is 0.775. The minimum Gasteiger partial charge on any atom is -0.467 e. The summed E-state index contributed by atoms with van der Waals surface area (Å²) in [5, 5.41) is 3.41. The molecule has 17 heavy (non-hydrogen) atoms. The molecule has 0 spiro atoms. The predicted molar refractivity (Wildman–Crippen MR) is 65.8 cm³/mol. The molecule has 1 aromatic rings. The Kier molecular flexibility index (Phi) is 5.22. The van der Waals surface area contributed by atoms with Crippen molar-refractivity contribution in [2.24, 2.45) is 5.92 Å². The second-order valence-electron chi connectivity index (χ2n) is 4.43. The fourth-order valence-electron chi connectivity index (χ4n) is 1.78. The second-order valence-corrected chi connectivity index (χ2v) is 4.43. The fraction of sp³-hybridized carbons (Fsp3) is 0.615. The smallest absolute Gasteiger partial charge is 0.341 e. The van der Waals surface area contributed by atoms with Crippen LogP contribution in [-0.4, -0.2) is 19.1 Å². The molecule has 0 aliphatic carbocycles. The van der Waals surface area contributed by atoms with Gasteiger partial charge in [-0.1, -0.05) is 20.8 Å². The average molecular weight is 239 g/mol. The minimum absolute atomic E-state index is 0.365. The molecule has 1 aromatic heterocycles. The molecule has 0 saturated carbocycles. The standard InChI is InChI=1S/C13H21NO3/c1-5-12(9(2)3)14-7-11-6-10(8-17-11)13(15)16-4/h6,8-9,12,14H,5,7H2,1-4H3. The maximum absolute atomic E-state index is 11.2. The van der Waals surface area contributed by atoms with Crippen LogP contribution in [0, 0.1) is 5.92 Å². The summed E-state index contributed by atoms with van der Waals surface area (Å²) < 4.78 is 9.91. The van der Waals surface area contributed by atoms with E-state index in [0.29, 0.717) is 24.1 Å². The zero-order valence-electron chi connectivity index (χ0n) is 10.9. The number of furan rings is 1. The van der Waals surface area contributed by atoms with E-state index in [9.17, 15) is 4.79 Å². The van der Waals surface area contributed by atoms with Crippen molar-refractivity contribution >= 4 is 5.97 Å². The Bertz CT molecular complexity index is 357. The van der Waals surface area contributed by atoms with E-state index in [4.69, 9.17) is 4.42 Å². The largest absolute Gasteiger partial charge is 0.467 e. The maximum atomic E-state index is 11.2. The van der Waals surface area contributed by atoms with Crippen molar-refractivity contribution in [2.45, 2.75) is 39.8 Å². The van der Waals surface area contributed by atoms with Gasteiger partial charge in [-0.05, 0) is 18.4 Å². The third kappa shape index (κ3) is 3.89. The minimum atomic E-state index is -0.365. The second kappa shape index (κ2) is 6.45. The van der Waals surface area contributed by atoms with Crippen molar-refractivity contribution in [3.05, 3.63) is 23.7 Å². The van der Waals surface area contributed by atoms with Gasteiger partial charge in [0.15, 0.2) is 0 Å². The van der Waals surface area contributed by atoms with Gasteiger partial charge in [0, 0.05) is 6.04 Å².